The molecule has 0 amide bonds. The summed E-state index contributed by atoms with van der Waals surface area (Å²) in [5.41, 5.74) is 3.06. The quantitative estimate of drug-likeness (QED) is 0.691. The van der Waals surface area contributed by atoms with Crippen molar-refractivity contribution >= 4 is 21.8 Å². The molecule has 0 spiro atoms. The molecule has 2 aromatic carbocycles. The van der Waals surface area contributed by atoms with E-state index in [-0.39, 0.29) is 5.56 Å². The molecule has 0 fully saturated rings. The minimum absolute atomic E-state index is 0.00572. The van der Waals surface area contributed by atoms with Crippen molar-refractivity contribution in [3.63, 3.8) is 0 Å². The number of pyridine rings is 1. The lowest BCUT2D eigenvalue weighted by Gasteiger charge is -2.10. The van der Waals surface area contributed by atoms with E-state index in [0.29, 0.717) is 11.9 Å². The van der Waals surface area contributed by atoms with Gasteiger partial charge < -0.3 is 4.57 Å². The SMILES string of the molecule is CN1Cc2ccc(-c3cn(C)c(=O)c4ccccc34)cc2S1=O. The number of fused-ring (bicyclic) bond motifs is 2. The van der Waals surface area contributed by atoms with E-state index < -0.39 is 11.0 Å². The van der Waals surface area contributed by atoms with Crippen molar-refractivity contribution in [3.8, 4) is 11.1 Å². The molecule has 23 heavy (non-hydrogen) atoms. The Kier molecular flexibility index (Phi) is 3.21. The second-order valence-corrected chi connectivity index (χ2v) is 7.42. The fourth-order valence-electron chi connectivity index (χ4n) is 3.13. The molecule has 1 aliphatic heterocycles. The number of hydrogen-bond acceptors (Lipinski definition) is 2. The van der Waals surface area contributed by atoms with Crippen LogP contribution in [0.4, 0.5) is 0 Å². The first-order chi connectivity index (χ1) is 11.1. The molecule has 4 rings (SSSR count). The predicted octanol–water partition coefficient (Wildman–Crippen LogP) is 2.67. The van der Waals surface area contributed by atoms with Crippen molar-refractivity contribution in [2.45, 2.75) is 11.4 Å². The van der Waals surface area contributed by atoms with Gasteiger partial charge in [0.05, 0.1) is 4.90 Å². The van der Waals surface area contributed by atoms with Crippen LogP contribution in [0.3, 0.4) is 0 Å². The van der Waals surface area contributed by atoms with E-state index in [1.165, 1.54) is 0 Å². The zero-order chi connectivity index (χ0) is 16.1. The number of rotatable bonds is 1. The van der Waals surface area contributed by atoms with E-state index in [1.54, 1.807) is 11.6 Å². The Labute approximate surface area is 136 Å². The van der Waals surface area contributed by atoms with Crippen LogP contribution in [0.2, 0.25) is 0 Å². The van der Waals surface area contributed by atoms with Gasteiger partial charge in [-0.25, -0.2) is 8.51 Å². The first-order valence-electron chi connectivity index (χ1n) is 7.41. The zero-order valence-corrected chi connectivity index (χ0v) is 13.8. The summed E-state index contributed by atoms with van der Waals surface area (Å²) in [4.78, 5) is 13.2. The Morgan fingerprint density at radius 3 is 2.57 bits per heavy atom. The Hall–Kier alpha value is -2.24. The molecule has 0 bridgehead atoms. The van der Waals surface area contributed by atoms with Gasteiger partial charge in [0.25, 0.3) is 5.56 Å². The van der Waals surface area contributed by atoms with Gasteiger partial charge in [-0.2, -0.15) is 0 Å². The van der Waals surface area contributed by atoms with Crippen molar-refractivity contribution in [1.29, 1.82) is 0 Å². The number of aryl methyl sites for hydroxylation is 1. The fraction of sp³-hybridized carbons (Fsp3) is 0.167. The number of aromatic nitrogens is 1. The monoisotopic (exact) mass is 324 g/mol. The lowest BCUT2D eigenvalue weighted by Crippen LogP contribution is -2.16. The van der Waals surface area contributed by atoms with E-state index in [9.17, 15) is 9.00 Å². The molecule has 2 heterocycles. The minimum Gasteiger partial charge on any atom is -0.317 e. The maximum Gasteiger partial charge on any atom is 0.258 e. The number of nitrogens with zero attached hydrogens (tertiary/aromatic N) is 2. The summed E-state index contributed by atoms with van der Waals surface area (Å²) in [7, 11) is 2.51. The molecule has 1 atom stereocenters. The van der Waals surface area contributed by atoms with Crippen LogP contribution in [0.1, 0.15) is 5.56 Å². The van der Waals surface area contributed by atoms with Gasteiger partial charge in [0.1, 0.15) is 11.0 Å². The van der Waals surface area contributed by atoms with E-state index in [4.69, 9.17) is 0 Å². The standard InChI is InChI=1S/C18H16N2O2S/c1-19-11-16(14-5-3-4-6-15(14)18(19)21)12-7-8-13-10-20(2)23(22)17(13)9-12/h3-9,11H,10H2,1-2H3. The highest BCUT2D eigenvalue weighted by molar-refractivity contribution is 7.83. The summed E-state index contributed by atoms with van der Waals surface area (Å²) in [5.74, 6) is 0. The summed E-state index contributed by atoms with van der Waals surface area (Å²) in [6.45, 7) is 0.705. The lowest BCUT2D eigenvalue weighted by molar-refractivity contribution is 0.541. The first kappa shape index (κ1) is 14.4. The van der Waals surface area contributed by atoms with Gasteiger partial charge in [-0.15, -0.1) is 0 Å². The highest BCUT2D eigenvalue weighted by Gasteiger charge is 2.24. The van der Waals surface area contributed by atoms with Crippen molar-refractivity contribution in [2.24, 2.45) is 7.05 Å². The molecule has 0 saturated heterocycles. The molecule has 116 valence electrons. The second kappa shape index (κ2) is 5.15. The van der Waals surface area contributed by atoms with Crippen molar-refractivity contribution in [3.05, 3.63) is 64.6 Å². The van der Waals surface area contributed by atoms with Gasteiger partial charge in [-0.1, -0.05) is 30.3 Å². The first-order valence-corrected chi connectivity index (χ1v) is 8.51. The van der Waals surface area contributed by atoms with Crippen LogP contribution in [0.25, 0.3) is 21.9 Å². The van der Waals surface area contributed by atoms with Gasteiger partial charge in [-0.05, 0) is 28.6 Å². The minimum atomic E-state index is -1.11. The van der Waals surface area contributed by atoms with Crippen LogP contribution in [0.5, 0.6) is 0 Å². The summed E-state index contributed by atoms with van der Waals surface area (Å²) >= 11 is 0. The van der Waals surface area contributed by atoms with Crippen LogP contribution in [0.15, 0.2) is 58.4 Å². The van der Waals surface area contributed by atoms with Gasteiger partial charge in [0.15, 0.2) is 0 Å². The predicted molar refractivity (Wildman–Crippen MR) is 92.5 cm³/mol. The van der Waals surface area contributed by atoms with E-state index >= 15 is 0 Å². The van der Waals surface area contributed by atoms with Gasteiger partial charge in [-0.3, -0.25) is 4.79 Å². The molecule has 4 nitrogen and oxygen atoms in total. The van der Waals surface area contributed by atoms with Crippen LogP contribution in [0, 0.1) is 0 Å². The normalized spacial score (nSPS) is 17.6. The van der Waals surface area contributed by atoms with Crippen LogP contribution in [-0.4, -0.2) is 20.1 Å². The average molecular weight is 324 g/mol. The molecule has 3 aromatic rings. The van der Waals surface area contributed by atoms with Gasteiger partial charge >= 0.3 is 0 Å². The molecule has 1 aliphatic rings. The third-order valence-corrected chi connectivity index (χ3v) is 5.78. The summed E-state index contributed by atoms with van der Waals surface area (Å²) in [5, 5.41) is 1.62. The summed E-state index contributed by atoms with van der Waals surface area (Å²) < 4.78 is 15.8. The maximum atomic E-state index is 12.3. The van der Waals surface area contributed by atoms with Gasteiger partial charge in [0, 0.05) is 37.8 Å². The molecule has 0 N–H and O–H groups in total. The molecule has 1 aromatic heterocycles. The summed E-state index contributed by atoms with van der Waals surface area (Å²) in [6, 6.07) is 13.7. The Morgan fingerprint density at radius 2 is 1.78 bits per heavy atom. The molecular weight excluding hydrogens is 308 g/mol. The molecule has 0 radical (unpaired) electrons. The zero-order valence-electron chi connectivity index (χ0n) is 12.9. The van der Waals surface area contributed by atoms with Crippen molar-refractivity contribution in [2.75, 3.05) is 7.05 Å². The number of hydrogen-bond donors (Lipinski definition) is 0. The maximum absolute atomic E-state index is 12.3. The topological polar surface area (TPSA) is 42.3 Å². The van der Waals surface area contributed by atoms with E-state index in [1.807, 2.05) is 60.0 Å². The second-order valence-electron chi connectivity index (χ2n) is 5.86. The van der Waals surface area contributed by atoms with Gasteiger partial charge in [0.2, 0.25) is 0 Å². The molecule has 0 aliphatic carbocycles. The van der Waals surface area contributed by atoms with Crippen LogP contribution in [-0.2, 0) is 24.6 Å². The largest absolute Gasteiger partial charge is 0.317 e. The van der Waals surface area contributed by atoms with Crippen LogP contribution < -0.4 is 5.56 Å². The average Bonchev–Trinajstić information content (AvgIpc) is 2.85. The summed E-state index contributed by atoms with van der Waals surface area (Å²) in [6.07, 6.45) is 1.86. The highest BCUT2D eigenvalue weighted by atomic mass is 32.2. The molecular formula is C18H16N2O2S. The number of benzene rings is 2. The lowest BCUT2D eigenvalue weighted by atomic mass is 9.99. The Bertz CT molecular complexity index is 1020. The Balaban J connectivity index is 2.00. The van der Waals surface area contributed by atoms with E-state index in [0.717, 1.165) is 27.0 Å². The van der Waals surface area contributed by atoms with Crippen molar-refractivity contribution in [1.82, 2.24) is 8.87 Å². The van der Waals surface area contributed by atoms with E-state index in [2.05, 4.69) is 0 Å². The third-order valence-electron chi connectivity index (χ3n) is 4.33. The Morgan fingerprint density at radius 1 is 1.04 bits per heavy atom. The smallest absolute Gasteiger partial charge is 0.258 e. The van der Waals surface area contributed by atoms with Crippen molar-refractivity contribution < 1.29 is 4.21 Å². The highest BCUT2D eigenvalue weighted by Crippen LogP contribution is 2.33. The molecule has 1 unspecified atom stereocenters. The molecule has 5 heteroatoms. The fourth-order valence-corrected chi connectivity index (χ4v) is 4.30. The third kappa shape index (κ3) is 2.16. The van der Waals surface area contributed by atoms with Crippen LogP contribution >= 0.6 is 0 Å². The molecule has 0 saturated carbocycles.